The predicted molar refractivity (Wildman–Crippen MR) is 22.0 cm³/mol. The van der Waals surface area contributed by atoms with Crippen molar-refractivity contribution in [2.24, 2.45) is 0 Å². The standard InChI is InChI=1S/Cr.Na.H3O4P.3H2O.2O/c;;1-5(2,3)4;;;;;/h;;(H3,1,2,3,4);3*1H2;;/q+2;+1;;;;;;/p-3. The van der Waals surface area contributed by atoms with Crippen LogP contribution < -0.4 is 29.6 Å². The van der Waals surface area contributed by atoms with Gasteiger partial charge in [0.25, 0.3) is 0 Å². The molecule has 0 rings (SSSR count). The molecule has 0 amide bonds. The van der Waals surface area contributed by atoms with Crippen molar-refractivity contribution in [2.75, 3.05) is 0 Å². The van der Waals surface area contributed by atoms with Crippen molar-refractivity contribution in [2.45, 2.75) is 0 Å². The first-order valence-corrected chi connectivity index (χ1v) is 5.23. The fraction of sp³-hybridized carbons (Fsp3) is 0. The van der Waals surface area contributed by atoms with Crippen LogP contribution in [0.2, 0.25) is 0 Å². The Balaban J connectivity index is -0.0000000457. The Morgan fingerprint density at radius 3 is 1.00 bits per heavy atom. The normalized spacial score (nSPS) is 9.75. The maximum atomic E-state index is 8.88. The van der Waals surface area contributed by atoms with Crippen molar-refractivity contribution in [1.29, 1.82) is 0 Å². The zero-order valence-electron chi connectivity index (χ0n) is 5.76. The molecule has 0 fully saturated rings. The molecule has 0 unspecified atom stereocenters. The van der Waals surface area contributed by atoms with Crippen LogP contribution in [-0.2, 0) is 25.8 Å². The fourth-order valence-electron chi connectivity index (χ4n) is 0. The molecule has 72 valence electrons. The molecule has 0 aliphatic rings. The average molecular weight is 256 g/mol. The molecule has 9 nitrogen and oxygen atoms in total. The molecule has 0 spiro atoms. The Morgan fingerprint density at radius 1 is 1.00 bits per heavy atom. The van der Waals surface area contributed by atoms with E-state index in [0.29, 0.717) is 0 Å². The van der Waals surface area contributed by atoms with Crippen LogP contribution in [0.3, 0.4) is 0 Å². The summed E-state index contributed by atoms with van der Waals surface area (Å²) in [5.74, 6) is 0. The van der Waals surface area contributed by atoms with Gasteiger partial charge in [0.05, 0.1) is 0 Å². The second kappa shape index (κ2) is 8.71. The van der Waals surface area contributed by atoms with Crippen LogP contribution >= 0.6 is 7.82 Å². The first kappa shape index (κ1) is 23.2. The molecule has 12 heteroatoms. The van der Waals surface area contributed by atoms with E-state index in [2.05, 4.69) is 0 Å². The third kappa shape index (κ3) is 905. The topological polar surface area (TPSA) is 182 Å². The van der Waals surface area contributed by atoms with E-state index in [0.717, 1.165) is 0 Å². The molecule has 6 N–H and O–H groups in total. The molecule has 0 aromatic carbocycles. The van der Waals surface area contributed by atoms with E-state index < -0.39 is 21.4 Å². The first-order valence-electron chi connectivity index (χ1n) is 1.48. The monoisotopic (exact) mass is 256 g/mol. The van der Waals surface area contributed by atoms with Gasteiger partial charge in [-0.15, -0.1) is 0 Å². The van der Waals surface area contributed by atoms with E-state index in [-0.39, 0.29) is 35.0 Å². The van der Waals surface area contributed by atoms with Gasteiger partial charge in [-0.25, -0.2) is 4.57 Å². The van der Waals surface area contributed by atoms with Crippen molar-refractivity contribution in [3.8, 4) is 0 Å². The molecule has 0 radical (unpaired) electrons. The predicted octanol–water partition coefficient (Wildman–Crippen LogP) is -5.46. The Kier molecular flexibility index (Phi) is 16.8. The summed E-state index contributed by atoms with van der Waals surface area (Å²) in [4.78, 5) is 21.6. The van der Waals surface area contributed by atoms with E-state index in [9.17, 15) is 0 Å². The number of phosphoric acid groups is 1. The minimum atomic E-state index is -5.25. The number of hydrogen-bond donors (Lipinski definition) is 5. The molecule has 0 bridgehead atoms. The molecule has 0 saturated heterocycles. The summed E-state index contributed by atoms with van der Waals surface area (Å²) in [6.45, 7) is 0. The molecule has 0 aromatic rings. The van der Waals surface area contributed by atoms with Crippen LogP contribution in [0.5, 0.6) is 0 Å². The molecule has 0 saturated carbocycles. The quantitative estimate of drug-likeness (QED) is 0.208. The van der Waals surface area contributed by atoms with E-state index in [1.165, 1.54) is 0 Å². The van der Waals surface area contributed by atoms with Gasteiger partial charge < -0.3 is 20.2 Å². The molecule has 12 heavy (non-hydrogen) atoms. The van der Waals surface area contributed by atoms with Gasteiger partial charge in [-0.05, 0) is 0 Å². The zero-order valence-corrected chi connectivity index (χ0v) is 9.93. The molecule has 0 aromatic heterocycles. The van der Waals surface area contributed by atoms with Crippen LogP contribution in [-0.4, -0.2) is 28.5 Å². The summed E-state index contributed by atoms with van der Waals surface area (Å²) in [6, 6.07) is 0. The zero-order chi connectivity index (χ0) is 9.00. The van der Waals surface area contributed by atoms with Crippen LogP contribution in [0.1, 0.15) is 0 Å². The SMILES string of the molecule is O=P(O)(O)O.[Na+].[OH-].[O]=[Cr](=[O])([OH])[OH]. The summed E-state index contributed by atoms with van der Waals surface area (Å²) in [7, 11) is -4.64. The third-order valence-electron chi connectivity index (χ3n) is 0. The first-order chi connectivity index (χ1) is 4.00. The van der Waals surface area contributed by atoms with E-state index >= 15 is 0 Å². The molecule has 0 aliphatic carbocycles. The molecule has 0 atom stereocenters. The van der Waals surface area contributed by atoms with Gasteiger partial charge in [0.2, 0.25) is 0 Å². The molecule has 0 aliphatic heterocycles. The number of rotatable bonds is 0. The van der Waals surface area contributed by atoms with Crippen molar-refractivity contribution >= 4 is 7.82 Å². The van der Waals surface area contributed by atoms with Crippen molar-refractivity contribution in [3.63, 3.8) is 0 Å². The summed E-state index contributed by atoms with van der Waals surface area (Å²) >= 11 is -5.25. The molecular formula is H6CrNaO9P. The third-order valence-corrected chi connectivity index (χ3v) is 0. The minimum absolute atomic E-state index is 0. The Bertz CT molecular complexity index is 192. The van der Waals surface area contributed by atoms with Gasteiger partial charge in [-0.1, -0.05) is 0 Å². The van der Waals surface area contributed by atoms with Crippen LogP contribution in [0, 0.1) is 0 Å². The van der Waals surface area contributed by atoms with Gasteiger partial charge in [-0.3, -0.25) is 0 Å². The average Bonchev–Trinajstić information content (AvgIpc) is 1.12. The van der Waals surface area contributed by atoms with Crippen molar-refractivity contribution < 1.29 is 83.8 Å². The van der Waals surface area contributed by atoms with Gasteiger partial charge in [-0.2, -0.15) is 0 Å². The summed E-state index contributed by atoms with van der Waals surface area (Å²) in [6.07, 6.45) is 0. The second-order valence-electron chi connectivity index (χ2n) is 0.961. The summed E-state index contributed by atoms with van der Waals surface area (Å²) in [5, 5.41) is 0. The van der Waals surface area contributed by atoms with Crippen LogP contribution in [0.15, 0.2) is 0 Å². The molecular weight excluding hydrogens is 250 g/mol. The van der Waals surface area contributed by atoms with Gasteiger partial charge in [0.1, 0.15) is 0 Å². The van der Waals surface area contributed by atoms with Gasteiger partial charge in [0.15, 0.2) is 0 Å². The van der Waals surface area contributed by atoms with E-state index in [1.807, 2.05) is 0 Å². The van der Waals surface area contributed by atoms with Crippen LogP contribution in [0.4, 0.5) is 0 Å². The Hall–Kier alpha value is 1.12. The van der Waals surface area contributed by atoms with E-state index in [1.54, 1.807) is 0 Å². The Labute approximate surface area is 91.3 Å². The van der Waals surface area contributed by atoms with Crippen molar-refractivity contribution in [1.82, 2.24) is 0 Å². The number of hydrogen-bond acceptors (Lipinski definition) is 4. The van der Waals surface area contributed by atoms with Gasteiger partial charge >= 0.3 is 66.9 Å². The molecule has 0 heterocycles. The second-order valence-corrected chi connectivity index (χ2v) is 3.39. The Morgan fingerprint density at radius 2 is 1.00 bits per heavy atom. The van der Waals surface area contributed by atoms with Crippen LogP contribution in [0.25, 0.3) is 0 Å². The van der Waals surface area contributed by atoms with Crippen molar-refractivity contribution in [3.05, 3.63) is 0 Å². The summed E-state index contributed by atoms with van der Waals surface area (Å²) < 4.78 is 40.8. The summed E-state index contributed by atoms with van der Waals surface area (Å²) in [5.41, 5.74) is 0. The van der Waals surface area contributed by atoms with E-state index in [4.69, 9.17) is 35.2 Å². The maximum absolute atomic E-state index is 8.88. The van der Waals surface area contributed by atoms with Gasteiger partial charge in [0, 0.05) is 0 Å². The fourth-order valence-corrected chi connectivity index (χ4v) is 0.